The molecule has 0 unspecified atom stereocenters. The molecule has 1 aromatic heterocycles. The van der Waals surface area contributed by atoms with Gasteiger partial charge in [0, 0.05) is 18.9 Å². The molecule has 0 atom stereocenters. The van der Waals surface area contributed by atoms with E-state index >= 15 is 0 Å². The van der Waals surface area contributed by atoms with Crippen molar-refractivity contribution in [3.63, 3.8) is 0 Å². The van der Waals surface area contributed by atoms with E-state index in [0.717, 1.165) is 12.8 Å². The first-order chi connectivity index (χ1) is 11.0. The van der Waals surface area contributed by atoms with Gasteiger partial charge in [-0.3, -0.25) is 4.79 Å². The molecule has 7 nitrogen and oxygen atoms in total. The van der Waals surface area contributed by atoms with Gasteiger partial charge in [0.1, 0.15) is 0 Å². The van der Waals surface area contributed by atoms with Crippen LogP contribution in [0.25, 0.3) is 0 Å². The van der Waals surface area contributed by atoms with Gasteiger partial charge in [0.25, 0.3) is 0 Å². The molecule has 0 saturated heterocycles. The Labute approximate surface area is 134 Å². The second-order valence-corrected chi connectivity index (χ2v) is 7.39. The Kier molecular flexibility index (Phi) is 4.42. The average Bonchev–Trinajstić information content (AvgIpc) is 3.26. The third-order valence-corrected chi connectivity index (χ3v) is 4.91. The largest absolute Gasteiger partial charge is 0.412 e. The van der Waals surface area contributed by atoms with Crippen LogP contribution in [0.4, 0.5) is 0 Å². The number of rotatable bonds is 7. The monoisotopic (exact) mass is 335 g/mol. The fraction of sp³-hybridized carbons (Fsp3) is 0.400. The summed E-state index contributed by atoms with van der Waals surface area (Å²) in [7, 11) is -3.66. The second-order valence-electron chi connectivity index (χ2n) is 5.52. The lowest BCUT2D eigenvalue weighted by Gasteiger charge is -2.01. The molecule has 1 fully saturated rings. The van der Waals surface area contributed by atoms with Crippen LogP contribution in [0.2, 0.25) is 0 Å². The van der Waals surface area contributed by atoms with Gasteiger partial charge >= 0.3 is 5.22 Å². The minimum atomic E-state index is -3.66. The highest BCUT2D eigenvalue weighted by atomic mass is 32.2. The second kappa shape index (κ2) is 6.49. The van der Waals surface area contributed by atoms with Crippen molar-refractivity contribution in [1.29, 1.82) is 0 Å². The van der Waals surface area contributed by atoms with E-state index in [1.165, 1.54) is 0 Å². The predicted molar refractivity (Wildman–Crippen MR) is 81.1 cm³/mol. The topological polar surface area (TPSA) is 102 Å². The highest BCUT2D eigenvalue weighted by Crippen LogP contribution is 2.28. The van der Waals surface area contributed by atoms with E-state index in [0.29, 0.717) is 18.5 Å². The van der Waals surface area contributed by atoms with Crippen LogP contribution >= 0.6 is 0 Å². The first kappa shape index (κ1) is 15.7. The summed E-state index contributed by atoms with van der Waals surface area (Å²) in [6, 6.07) is 8.81. The van der Waals surface area contributed by atoms with Gasteiger partial charge in [-0.15, -0.1) is 5.10 Å². The lowest BCUT2D eigenvalue weighted by Crippen LogP contribution is -2.26. The summed E-state index contributed by atoms with van der Waals surface area (Å²) in [6.45, 7) is 0.357. The van der Waals surface area contributed by atoms with Gasteiger partial charge < -0.3 is 9.73 Å². The third-order valence-electron chi connectivity index (χ3n) is 3.50. The minimum Gasteiger partial charge on any atom is -0.412 e. The maximum atomic E-state index is 12.2. The molecule has 0 spiro atoms. The quantitative estimate of drug-likeness (QED) is 0.813. The number of amides is 1. The Morgan fingerprint density at radius 2 is 1.96 bits per heavy atom. The molecular weight excluding hydrogens is 318 g/mol. The number of carbonyl (C=O) groups excluding carboxylic acids is 1. The van der Waals surface area contributed by atoms with E-state index in [2.05, 4.69) is 15.5 Å². The van der Waals surface area contributed by atoms with E-state index in [1.54, 1.807) is 24.3 Å². The summed E-state index contributed by atoms with van der Waals surface area (Å²) in [5.74, 6) is 0.183. The molecule has 1 saturated carbocycles. The zero-order valence-electron chi connectivity index (χ0n) is 12.4. The molecule has 1 aromatic carbocycles. The normalized spacial score (nSPS) is 14.6. The standard InChI is InChI=1S/C15H17N3O4S/c19-14(12-6-7-12)16-9-8-13-17-18-15(22-13)23(20,21)10-11-4-2-1-3-5-11/h1-5,12H,6-10H2,(H,16,19). The van der Waals surface area contributed by atoms with Crippen molar-refractivity contribution >= 4 is 15.7 Å². The number of benzene rings is 1. The Morgan fingerprint density at radius 3 is 2.65 bits per heavy atom. The summed E-state index contributed by atoms with van der Waals surface area (Å²) in [5.41, 5.74) is 0.656. The number of carbonyl (C=O) groups is 1. The zero-order valence-corrected chi connectivity index (χ0v) is 13.3. The van der Waals surface area contributed by atoms with Crippen LogP contribution in [0, 0.1) is 5.92 Å². The summed E-state index contributed by atoms with van der Waals surface area (Å²) in [4.78, 5) is 11.5. The van der Waals surface area contributed by atoms with Crippen LogP contribution in [0.5, 0.6) is 0 Å². The number of hydrogen-bond acceptors (Lipinski definition) is 6. The molecule has 23 heavy (non-hydrogen) atoms. The van der Waals surface area contributed by atoms with Crippen molar-refractivity contribution in [2.45, 2.75) is 30.2 Å². The molecule has 122 valence electrons. The third kappa shape index (κ3) is 4.16. The molecule has 8 heteroatoms. The summed E-state index contributed by atoms with van der Waals surface area (Å²) in [5, 5.41) is 9.73. The van der Waals surface area contributed by atoms with Gasteiger partial charge in [-0.25, -0.2) is 8.42 Å². The van der Waals surface area contributed by atoms with Crippen molar-refractivity contribution in [1.82, 2.24) is 15.5 Å². The number of nitrogens with one attached hydrogen (secondary N) is 1. The molecule has 0 aliphatic heterocycles. The first-order valence-corrected chi connectivity index (χ1v) is 9.06. The molecule has 0 bridgehead atoms. The Hall–Kier alpha value is -2.22. The van der Waals surface area contributed by atoms with E-state index in [-0.39, 0.29) is 28.7 Å². The van der Waals surface area contributed by atoms with Gasteiger partial charge in [-0.2, -0.15) is 0 Å². The van der Waals surface area contributed by atoms with Gasteiger partial charge in [-0.05, 0) is 18.4 Å². The maximum absolute atomic E-state index is 12.2. The molecule has 1 aliphatic rings. The lowest BCUT2D eigenvalue weighted by atomic mass is 10.2. The first-order valence-electron chi connectivity index (χ1n) is 7.41. The lowest BCUT2D eigenvalue weighted by molar-refractivity contribution is -0.122. The highest BCUT2D eigenvalue weighted by molar-refractivity contribution is 7.90. The number of nitrogens with zero attached hydrogens (tertiary/aromatic N) is 2. The van der Waals surface area contributed by atoms with Crippen LogP contribution in [-0.2, 0) is 26.8 Å². The number of sulfone groups is 1. The SMILES string of the molecule is O=C(NCCc1nnc(S(=O)(=O)Cc2ccccc2)o1)C1CC1. The molecular formula is C15H17N3O4S. The van der Waals surface area contributed by atoms with Gasteiger partial charge in [0.05, 0.1) is 5.75 Å². The van der Waals surface area contributed by atoms with Crippen LogP contribution in [-0.4, -0.2) is 31.1 Å². The fourth-order valence-corrected chi connectivity index (χ4v) is 3.25. The summed E-state index contributed by atoms with van der Waals surface area (Å²) < 4.78 is 29.7. The number of hydrogen-bond donors (Lipinski definition) is 1. The number of aromatic nitrogens is 2. The fourth-order valence-electron chi connectivity index (χ4n) is 2.10. The van der Waals surface area contributed by atoms with Crippen LogP contribution < -0.4 is 5.32 Å². The van der Waals surface area contributed by atoms with Crippen molar-refractivity contribution in [3.8, 4) is 0 Å². The average molecular weight is 335 g/mol. The predicted octanol–water partition coefficient (Wildman–Crippen LogP) is 1.11. The van der Waals surface area contributed by atoms with Gasteiger partial charge in [0.2, 0.25) is 21.6 Å². The smallest absolute Gasteiger partial charge is 0.335 e. The molecule has 0 radical (unpaired) electrons. The molecule has 1 N–H and O–H groups in total. The van der Waals surface area contributed by atoms with Crippen molar-refractivity contribution in [2.24, 2.45) is 5.92 Å². The Bertz CT molecular complexity index is 782. The molecule has 1 heterocycles. The van der Waals surface area contributed by atoms with Gasteiger partial charge in [0.15, 0.2) is 0 Å². The van der Waals surface area contributed by atoms with Crippen molar-refractivity contribution in [3.05, 3.63) is 41.8 Å². The van der Waals surface area contributed by atoms with E-state index < -0.39 is 9.84 Å². The van der Waals surface area contributed by atoms with Crippen molar-refractivity contribution < 1.29 is 17.6 Å². The summed E-state index contributed by atoms with van der Waals surface area (Å²) in [6.07, 6.45) is 2.19. The van der Waals surface area contributed by atoms with Gasteiger partial charge in [-0.1, -0.05) is 35.4 Å². The Morgan fingerprint density at radius 1 is 1.22 bits per heavy atom. The van der Waals surface area contributed by atoms with Crippen LogP contribution in [0.1, 0.15) is 24.3 Å². The van der Waals surface area contributed by atoms with E-state index in [4.69, 9.17) is 4.42 Å². The molecule has 3 rings (SSSR count). The van der Waals surface area contributed by atoms with Crippen LogP contribution in [0.3, 0.4) is 0 Å². The van der Waals surface area contributed by atoms with Crippen molar-refractivity contribution in [2.75, 3.05) is 6.54 Å². The zero-order chi connectivity index (χ0) is 16.3. The molecule has 1 amide bonds. The van der Waals surface area contributed by atoms with E-state index in [9.17, 15) is 13.2 Å². The van der Waals surface area contributed by atoms with Crippen LogP contribution in [0.15, 0.2) is 40.0 Å². The minimum absolute atomic E-state index is 0.0291. The van der Waals surface area contributed by atoms with E-state index in [1.807, 2.05) is 6.07 Å². The maximum Gasteiger partial charge on any atom is 0.335 e. The molecule has 1 aliphatic carbocycles. The Balaban J connectivity index is 1.58. The molecule has 2 aromatic rings. The summed E-state index contributed by atoms with van der Waals surface area (Å²) >= 11 is 0. The highest BCUT2D eigenvalue weighted by Gasteiger charge is 2.29.